The molecule has 1 rings (SSSR count). The Labute approximate surface area is 98.0 Å². The molecule has 3 atom stereocenters. The van der Waals surface area contributed by atoms with Crippen LogP contribution in [0.25, 0.3) is 0 Å². The quantitative estimate of drug-likeness (QED) is 0.624. The maximum absolute atomic E-state index is 3.83. The van der Waals surface area contributed by atoms with Crippen LogP contribution in [-0.4, -0.2) is 4.83 Å². The molecule has 0 N–H and O–H groups in total. The predicted octanol–water partition coefficient (Wildman–Crippen LogP) is 5.01. The van der Waals surface area contributed by atoms with Gasteiger partial charge in [-0.05, 0) is 43.4 Å². The van der Waals surface area contributed by atoms with Gasteiger partial charge in [0.2, 0.25) is 0 Å². The van der Waals surface area contributed by atoms with E-state index in [2.05, 4.69) is 36.7 Å². The molecular weight excluding hydrogens is 236 g/mol. The molecule has 0 nitrogen and oxygen atoms in total. The molecular formula is C13H25Br. The van der Waals surface area contributed by atoms with Gasteiger partial charge in [-0.2, -0.15) is 0 Å². The maximum atomic E-state index is 3.83. The van der Waals surface area contributed by atoms with Crippen LogP contribution in [0.1, 0.15) is 59.3 Å². The summed E-state index contributed by atoms with van der Waals surface area (Å²) in [6.45, 7) is 7.01. The third-order valence-corrected chi connectivity index (χ3v) is 4.92. The van der Waals surface area contributed by atoms with Crippen LogP contribution in [0.5, 0.6) is 0 Å². The fourth-order valence-electron chi connectivity index (χ4n) is 2.88. The Kier molecular flexibility index (Phi) is 5.51. The summed E-state index contributed by atoms with van der Waals surface area (Å²) in [5.74, 6) is 2.85. The van der Waals surface area contributed by atoms with Crippen LogP contribution in [-0.2, 0) is 0 Å². The first-order chi connectivity index (χ1) is 6.63. The summed E-state index contributed by atoms with van der Waals surface area (Å²) in [5.41, 5.74) is 0. The lowest BCUT2D eigenvalue weighted by atomic mass is 9.76. The molecule has 0 aromatic carbocycles. The summed E-state index contributed by atoms with van der Waals surface area (Å²) >= 11 is 3.83. The second kappa shape index (κ2) is 6.15. The Morgan fingerprint density at radius 3 is 2.57 bits per heavy atom. The maximum Gasteiger partial charge on any atom is 0.0171 e. The van der Waals surface area contributed by atoms with Gasteiger partial charge in [0.05, 0.1) is 0 Å². The molecule has 0 aromatic heterocycles. The molecule has 0 bridgehead atoms. The van der Waals surface area contributed by atoms with Crippen molar-refractivity contribution >= 4 is 15.9 Å². The van der Waals surface area contributed by atoms with Gasteiger partial charge in [-0.1, -0.05) is 49.5 Å². The van der Waals surface area contributed by atoms with E-state index in [0.29, 0.717) is 0 Å². The van der Waals surface area contributed by atoms with Crippen molar-refractivity contribution in [2.45, 2.75) is 64.1 Å². The first-order valence-electron chi connectivity index (χ1n) is 6.27. The minimum Gasteiger partial charge on any atom is -0.0888 e. The smallest absolute Gasteiger partial charge is 0.0171 e. The van der Waals surface area contributed by atoms with Gasteiger partial charge in [0.15, 0.2) is 0 Å². The van der Waals surface area contributed by atoms with E-state index >= 15 is 0 Å². The van der Waals surface area contributed by atoms with Gasteiger partial charge < -0.3 is 0 Å². The van der Waals surface area contributed by atoms with Crippen molar-refractivity contribution in [3.05, 3.63) is 0 Å². The van der Waals surface area contributed by atoms with E-state index in [9.17, 15) is 0 Å². The topological polar surface area (TPSA) is 0 Å². The average molecular weight is 261 g/mol. The zero-order valence-corrected chi connectivity index (χ0v) is 11.5. The molecule has 84 valence electrons. The number of rotatable bonds is 4. The molecule has 0 aromatic rings. The van der Waals surface area contributed by atoms with E-state index in [-0.39, 0.29) is 0 Å². The first-order valence-corrected chi connectivity index (χ1v) is 7.19. The van der Waals surface area contributed by atoms with E-state index in [0.717, 1.165) is 22.6 Å². The summed E-state index contributed by atoms with van der Waals surface area (Å²) in [7, 11) is 0. The van der Waals surface area contributed by atoms with Crippen molar-refractivity contribution in [2.24, 2.45) is 17.8 Å². The third-order valence-electron chi connectivity index (χ3n) is 3.53. The SMILES string of the molecule is CCC(Br)C1CCCC(CC(C)C)C1. The molecule has 1 aliphatic rings. The molecule has 0 amide bonds. The van der Waals surface area contributed by atoms with Crippen LogP contribution in [0.3, 0.4) is 0 Å². The number of halogens is 1. The standard InChI is InChI=1S/C13H25Br/c1-4-13(14)12-7-5-6-11(9-12)8-10(2)3/h10-13H,4-9H2,1-3H3. The lowest BCUT2D eigenvalue weighted by molar-refractivity contribution is 0.232. The molecule has 1 aliphatic carbocycles. The van der Waals surface area contributed by atoms with Gasteiger partial charge in [0.25, 0.3) is 0 Å². The zero-order chi connectivity index (χ0) is 10.6. The summed E-state index contributed by atoms with van der Waals surface area (Å²) in [6.07, 6.45) is 8.61. The van der Waals surface area contributed by atoms with Crippen LogP contribution in [0.2, 0.25) is 0 Å². The highest BCUT2D eigenvalue weighted by atomic mass is 79.9. The third kappa shape index (κ3) is 3.92. The molecule has 1 saturated carbocycles. The molecule has 1 heteroatoms. The number of hydrogen-bond donors (Lipinski definition) is 0. The molecule has 1 fully saturated rings. The van der Waals surface area contributed by atoms with Gasteiger partial charge >= 0.3 is 0 Å². The average Bonchev–Trinajstić information content (AvgIpc) is 2.16. The largest absolute Gasteiger partial charge is 0.0888 e. The minimum atomic E-state index is 0.775. The van der Waals surface area contributed by atoms with Crippen molar-refractivity contribution in [1.82, 2.24) is 0 Å². The molecule has 14 heavy (non-hydrogen) atoms. The second-order valence-corrected chi connectivity index (χ2v) is 6.52. The normalized spacial score (nSPS) is 30.6. The van der Waals surface area contributed by atoms with Crippen LogP contribution >= 0.6 is 15.9 Å². The van der Waals surface area contributed by atoms with Crippen molar-refractivity contribution in [2.75, 3.05) is 0 Å². The van der Waals surface area contributed by atoms with E-state index in [1.165, 1.54) is 38.5 Å². The van der Waals surface area contributed by atoms with Crippen LogP contribution in [0.15, 0.2) is 0 Å². The number of alkyl halides is 1. The van der Waals surface area contributed by atoms with Crippen molar-refractivity contribution in [3.8, 4) is 0 Å². The lowest BCUT2D eigenvalue weighted by Gasteiger charge is -2.32. The van der Waals surface area contributed by atoms with Crippen molar-refractivity contribution < 1.29 is 0 Å². The van der Waals surface area contributed by atoms with E-state index in [1.807, 2.05) is 0 Å². The molecule has 0 saturated heterocycles. The van der Waals surface area contributed by atoms with E-state index in [4.69, 9.17) is 0 Å². The van der Waals surface area contributed by atoms with Gasteiger partial charge in [-0.15, -0.1) is 0 Å². The molecule has 0 radical (unpaired) electrons. The highest BCUT2D eigenvalue weighted by Gasteiger charge is 2.26. The first kappa shape index (κ1) is 12.5. The Morgan fingerprint density at radius 1 is 1.29 bits per heavy atom. The van der Waals surface area contributed by atoms with Gasteiger partial charge in [0, 0.05) is 4.83 Å². The summed E-state index contributed by atoms with van der Waals surface area (Å²) in [4.78, 5) is 0.775. The zero-order valence-electron chi connectivity index (χ0n) is 9.93. The predicted molar refractivity (Wildman–Crippen MR) is 67.9 cm³/mol. The fraction of sp³-hybridized carbons (Fsp3) is 1.00. The Morgan fingerprint density at radius 2 is 2.00 bits per heavy atom. The van der Waals surface area contributed by atoms with Gasteiger partial charge in [0.1, 0.15) is 0 Å². The Hall–Kier alpha value is 0.480. The van der Waals surface area contributed by atoms with Crippen molar-refractivity contribution in [1.29, 1.82) is 0 Å². The van der Waals surface area contributed by atoms with Crippen LogP contribution in [0.4, 0.5) is 0 Å². The van der Waals surface area contributed by atoms with Crippen molar-refractivity contribution in [3.63, 3.8) is 0 Å². The molecule has 0 spiro atoms. The fourth-order valence-corrected chi connectivity index (χ4v) is 3.36. The summed E-state index contributed by atoms with van der Waals surface area (Å²) in [6, 6.07) is 0. The lowest BCUT2D eigenvalue weighted by Crippen LogP contribution is -2.23. The number of hydrogen-bond acceptors (Lipinski definition) is 0. The minimum absolute atomic E-state index is 0.775. The second-order valence-electron chi connectivity index (χ2n) is 5.35. The molecule has 0 heterocycles. The van der Waals surface area contributed by atoms with Gasteiger partial charge in [-0.3, -0.25) is 0 Å². The van der Waals surface area contributed by atoms with E-state index in [1.54, 1.807) is 0 Å². The summed E-state index contributed by atoms with van der Waals surface area (Å²) < 4.78 is 0. The molecule has 3 unspecified atom stereocenters. The Bertz CT molecular complexity index is 153. The Balaban J connectivity index is 2.35. The van der Waals surface area contributed by atoms with Crippen LogP contribution in [0, 0.1) is 17.8 Å². The highest BCUT2D eigenvalue weighted by Crippen LogP contribution is 2.37. The van der Waals surface area contributed by atoms with Crippen LogP contribution < -0.4 is 0 Å². The molecule has 0 aliphatic heterocycles. The highest BCUT2D eigenvalue weighted by molar-refractivity contribution is 9.09. The van der Waals surface area contributed by atoms with Gasteiger partial charge in [-0.25, -0.2) is 0 Å². The van der Waals surface area contributed by atoms with E-state index < -0.39 is 0 Å². The summed E-state index contributed by atoms with van der Waals surface area (Å²) in [5, 5.41) is 0. The monoisotopic (exact) mass is 260 g/mol.